The monoisotopic (exact) mass is 443 g/mol. The van der Waals surface area contributed by atoms with Crippen molar-refractivity contribution in [3.8, 4) is 5.75 Å². The molecular formula is C22H25N3O5S. The zero-order valence-corrected chi connectivity index (χ0v) is 18.5. The number of fused-ring (bicyclic) bond motifs is 1. The Kier molecular flexibility index (Phi) is 5.49. The van der Waals surface area contributed by atoms with Crippen molar-refractivity contribution in [2.45, 2.75) is 37.6 Å². The molecule has 0 saturated carbocycles. The van der Waals surface area contributed by atoms with E-state index in [-0.39, 0.29) is 29.9 Å². The highest BCUT2D eigenvalue weighted by Gasteiger charge is 2.41. The van der Waals surface area contributed by atoms with E-state index in [0.717, 1.165) is 5.56 Å². The number of nitrogens with zero attached hydrogens (tertiary/aromatic N) is 2. The first-order valence-electron chi connectivity index (χ1n) is 10.1. The molecule has 8 nitrogen and oxygen atoms in total. The topological polar surface area (TPSA) is 96.0 Å². The second kappa shape index (κ2) is 7.97. The highest BCUT2D eigenvalue weighted by Crippen LogP contribution is 2.36. The van der Waals surface area contributed by atoms with Crippen LogP contribution in [0, 0.1) is 13.8 Å². The Morgan fingerprint density at radius 1 is 1.19 bits per heavy atom. The van der Waals surface area contributed by atoms with Crippen LogP contribution in [0.5, 0.6) is 5.75 Å². The molecule has 1 fully saturated rings. The largest absolute Gasteiger partial charge is 0.482 e. The molecule has 2 amide bonds. The number of rotatable bonds is 4. The lowest BCUT2D eigenvalue weighted by atomic mass is 10.1. The maximum atomic E-state index is 13.5. The summed E-state index contributed by atoms with van der Waals surface area (Å²) in [6, 6.07) is 9.77. The number of anilines is 2. The molecule has 31 heavy (non-hydrogen) atoms. The summed E-state index contributed by atoms with van der Waals surface area (Å²) in [6.07, 6.45) is 1.07. The van der Waals surface area contributed by atoms with Gasteiger partial charge in [0, 0.05) is 25.3 Å². The van der Waals surface area contributed by atoms with Gasteiger partial charge in [-0.25, -0.2) is 8.42 Å². The fourth-order valence-electron chi connectivity index (χ4n) is 4.01. The van der Waals surface area contributed by atoms with Crippen LogP contribution in [0.15, 0.2) is 41.3 Å². The van der Waals surface area contributed by atoms with E-state index < -0.39 is 16.1 Å². The first kappa shape index (κ1) is 21.3. The number of hydrogen-bond donors (Lipinski definition) is 1. The molecule has 1 unspecified atom stereocenters. The summed E-state index contributed by atoms with van der Waals surface area (Å²) < 4.78 is 33.8. The summed E-state index contributed by atoms with van der Waals surface area (Å²) in [4.78, 5) is 26.4. The summed E-state index contributed by atoms with van der Waals surface area (Å²) in [5, 5.41) is 2.68. The highest BCUT2D eigenvalue weighted by atomic mass is 32.2. The van der Waals surface area contributed by atoms with Gasteiger partial charge in [0.05, 0.1) is 10.6 Å². The molecule has 0 bridgehead atoms. The number of aryl methyl sites for hydroxylation is 2. The van der Waals surface area contributed by atoms with Crippen molar-refractivity contribution in [3.05, 3.63) is 47.5 Å². The molecule has 0 radical (unpaired) electrons. The number of carbonyl (C=O) groups excluding carboxylic acids is 2. The smallest absolute Gasteiger partial charge is 0.262 e. The van der Waals surface area contributed by atoms with Crippen LogP contribution in [0.4, 0.5) is 11.4 Å². The second-order valence-electron chi connectivity index (χ2n) is 7.96. The van der Waals surface area contributed by atoms with Gasteiger partial charge in [-0.05, 0) is 50.5 Å². The first-order valence-corrected chi connectivity index (χ1v) is 11.6. The number of nitrogens with one attached hydrogen (secondary N) is 1. The fourth-order valence-corrected chi connectivity index (χ4v) is 5.89. The van der Waals surface area contributed by atoms with Gasteiger partial charge in [0.2, 0.25) is 15.9 Å². The number of ether oxygens (including phenoxy) is 1. The Bertz CT molecular complexity index is 1140. The van der Waals surface area contributed by atoms with Gasteiger partial charge in [-0.2, -0.15) is 4.31 Å². The quantitative estimate of drug-likeness (QED) is 0.783. The average Bonchev–Trinajstić information content (AvgIpc) is 3.23. The van der Waals surface area contributed by atoms with Crippen LogP contribution in [-0.4, -0.2) is 50.8 Å². The summed E-state index contributed by atoms with van der Waals surface area (Å²) in [5.41, 5.74) is 2.72. The van der Waals surface area contributed by atoms with Gasteiger partial charge < -0.3 is 15.0 Å². The number of hydrogen-bond acceptors (Lipinski definition) is 5. The van der Waals surface area contributed by atoms with Gasteiger partial charge >= 0.3 is 0 Å². The number of amides is 2. The maximum absolute atomic E-state index is 13.5. The molecule has 0 spiro atoms. The number of sulfonamides is 1. The zero-order valence-electron chi connectivity index (χ0n) is 17.7. The van der Waals surface area contributed by atoms with Gasteiger partial charge in [0.25, 0.3) is 5.91 Å². The highest BCUT2D eigenvalue weighted by molar-refractivity contribution is 7.89. The molecule has 164 valence electrons. The van der Waals surface area contributed by atoms with E-state index in [1.165, 1.54) is 15.3 Å². The maximum Gasteiger partial charge on any atom is 0.262 e. The van der Waals surface area contributed by atoms with Crippen molar-refractivity contribution in [3.63, 3.8) is 0 Å². The van der Waals surface area contributed by atoms with Gasteiger partial charge in [0.1, 0.15) is 11.8 Å². The number of carbonyl (C=O) groups is 2. The van der Waals surface area contributed by atoms with Gasteiger partial charge in [-0.1, -0.05) is 17.7 Å². The van der Waals surface area contributed by atoms with Gasteiger partial charge in [-0.15, -0.1) is 0 Å². The predicted octanol–water partition coefficient (Wildman–Crippen LogP) is 2.45. The van der Waals surface area contributed by atoms with Gasteiger partial charge in [-0.3, -0.25) is 9.59 Å². The van der Waals surface area contributed by atoms with Crippen LogP contribution in [0.2, 0.25) is 0 Å². The molecule has 1 saturated heterocycles. The summed E-state index contributed by atoms with van der Waals surface area (Å²) in [6.45, 7) is 3.74. The average molecular weight is 444 g/mol. The van der Waals surface area contributed by atoms with Crippen LogP contribution in [0.1, 0.15) is 24.0 Å². The van der Waals surface area contributed by atoms with E-state index in [9.17, 15) is 18.0 Å². The Morgan fingerprint density at radius 3 is 2.61 bits per heavy atom. The lowest BCUT2D eigenvalue weighted by molar-refractivity contribution is -0.121. The molecule has 9 heteroatoms. The summed E-state index contributed by atoms with van der Waals surface area (Å²) in [5.74, 6) is -0.237. The van der Waals surface area contributed by atoms with Crippen LogP contribution in [0.3, 0.4) is 0 Å². The standard InChI is InChI=1S/C22H25N3O5S/c1-14-6-8-16(9-7-14)24(3)22(27)18-5-4-10-25(18)31(28,29)20-12-19-17(11-15(20)2)23-21(26)13-30-19/h6-9,11-12,18H,4-5,10,13H2,1-3H3,(H,23,26). The molecule has 2 aliphatic heterocycles. The predicted molar refractivity (Wildman–Crippen MR) is 117 cm³/mol. The molecule has 0 aromatic heterocycles. The van der Waals surface area contributed by atoms with E-state index >= 15 is 0 Å². The van der Waals surface area contributed by atoms with Crippen LogP contribution in [-0.2, 0) is 19.6 Å². The van der Waals surface area contributed by atoms with E-state index in [1.807, 2.05) is 31.2 Å². The fraction of sp³-hybridized carbons (Fsp3) is 0.364. The SMILES string of the molecule is Cc1ccc(N(C)C(=O)C2CCCN2S(=O)(=O)c2cc3c(cc2C)NC(=O)CO3)cc1. The van der Waals surface area contributed by atoms with E-state index in [1.54, 1.807) is 20.0 Å². The van der Waals surface area contributed by atoms with E-state index in [2.05, 4.69) is 5.32 Å². The van der Waals surface area contributed by atoms with E-state index in [0.29, 0.717) is 35.5 Å². The summed E-state index contributed by atoms with van der Waals surface area (Å²) in [7, 11) is -2.28. The van der Waals surface area contributed by atoms with Crippen molar-refractivity contribution in [1.29, 1.82) is 0 Å². The van der Waals surface area contributed by atoms with Crippen LogP contribution in [0.25, 0.3) is 0 Å². The minimum atomic E-state index is -3.94. The lowest BCUT2D eigenvalue weighted by Gasteiger charge is -2.28. The first-order chi connectivity index (χ1) is 14.7. The van der Waals surface area contributed by atoms with Crippen LogP contribution >= 0.6 is 0 Å². The Balaban J connectivity index is 1.64. The zero-order chi connectivity index (χ0) is 22.3. The van der Waals surface area contributed by atoms with Crippen molar-refractivity contribution in [2.24, 2.45) is 0 Å². The minimum Gasteiger partial charge on any atom is -0.482 e. The van der Waals surface area contributed by atoms with Crippen molar-refractivity contribution < 1.29 is 22.7 Å². The molecule has 2 aromatic carbocycles. The Morgan fingerprint density at radius 2 is 1.90 bits per heavy atom. The Labute approximate surface area is 181 Å². The van der Waals surface area contributed by atoms with Crippen molar-refractivity contribution >= 4 is 33.2 Å². The molecule has 2 aromatic rings. The van der Waals surface area contributed by atoms with E-state index in [4.69, 9.17) is 4.74 Å². The molecule has 4 rings (SSSR count). The molecule has 2 heterocycles. The third-order valence-electron chi connectivity index (χ3n) is 5.74. The molecule has 2 aliphatic rings. The molecule has 1 N–H and O–H groups in total. The van der Waals surface area contributed by atoms with Gasteiger partial charge in [0.15, 0.2) is 6.61 Å². The normalized spacial score (nSPS) is 18.8. The third kappa shape index (κ3) is 3.90. The molecule has 0 aliphatic carbocycles. The number of benzene rings is 2. The van der Waals surface area contributed by atoms with Crippen molar-refractivity contribution in [2.75, 3.05) is 30.4 Å². The third-order valence-corrected chi connectivity index (χ3v) is 7.79. The Hall–Kier alpha value is -2.91. The summed E-state index contributed by atoms with van der Waals surface area (Å²) >= 11 is 0. The molecular weight excluding hydrogens is 418 g/mol. The van der Waals surface area contributed by atoms with Crippen LogP contribution < -0.4 is 15.0 Å². The second-order valence-corrected chi connectivity index (χ2v) is 9.82. The molecule has 1 atom stereocenters. The number of likely N-dealkylation sites (N-methyl/N-ethyl adjacent to an activating group) is 1. The minimum absolute atomic E-state index is 0.0834. The van der Waals surface area contributed by atoms with Crippen molar-refractivity contribution in [1.82, 2.24) is 4.31 Å². The lowest BCUT2D eigenvalue weighted by Crippen LogP contribution is -2.46.